The van der Waals surface area contributed by atoms with Crippen LogP contribution < -0.4 is 5.73 Å². The Hall–Kier alpha value is -3.41. The van der Waals surface area contributed by atoms with Crippen molar-refractivity contribution in [2.75, 3.05) is 7.05 Å². The van der Waals surface area contributed by atoms with E-state index in [9.17, 15) is 9.59 Å². The molecule has 0 aliphatic carbocycles. The van der Waals surface area contributed by atoms with E-state index in [0.29, 0.717) is 12.1 Å². The predicted molar refractivity (Wildman–Crippen MR) is 98.2 cm³/mol. The van der Waals surface area contributed by atoms with E-state index in [0.717, 1.165) is 11.1 Å². The van der Waals surface area contributed by atoms with Gasteiger partial charge in [-0.2, -0.15) is 5.10 Å². The van der Waals surface area contributed by atoms with E-state index in [4.69, 9.17) is 5.73 Å². The van der Waals surface area contributed by atoms with E-state index >= 15 is 0 Å². The van der Waals surface area contributed by atoms with E-state index in [2.05, 4.69) is 5.10 Å². The maximum atomic E-state index is 13.1. The van der Waals surface area contributed by atoms with Crippen molar-refractivity contribution in [3.63, 3.8) is 0 Å². The number of rotatable bonds is 6. The van der Waals surface area contributed by atoms with Crippen LogP contribution in [0.4, 0.5) is 0 Å². The second kappa shape index (κ2) is 7.65. The molecule has 1 atom stereocenters. The summed E-state index contributed by atoms with van der Waals surface area (Å²) in [6.45, 7) is 0.366. The molecule has 0 saturated carbocycles. The summed E-state index contributed by atoms with van der Waals surface area (Å²) in [6.07, 6.45) is 3.43. The van der Waals surface area contributed by atoms with Crippen molar-refractivity contribution in [3.05, 3.63) is 89.7 Å². The number of nitrogens with two attached hydrogens (primary N) is 1. The van der Waals surface area contributed by atoms with Gasteiger partial charge in [0.05, 0.1) is 0 Å². The smallest absolute Gasteiger partial charge is 0.252 e. The molecule has 6 heteroatoms. The lowest BCUT2D eigenvalue weighted by Crippen LogP contribution is -2.35. The van der Waals surface area contributed by atoms with Crippen LogP contribution in [0.3, 0.4) is 0 Å². The molecule has 2 amide bonds. The molecule has 0 fully saturated rings. The first-order chi connectivity index (χ1) is 12.6. The van der Waals surface area contributed by atoms with Crippen LogP contribution in [0.25, 0.3) is 0 Å². The summed E-state index contributed by atoms with van der Waals surface area (Å²) < 4.78 is 1.65. The minimum atomic E-state index is -0.546. The topological polar surface area (TPSA) is 81.2 Å². The summed E-state index contributed by atoms with van der Waals surface area (Å²) >= 11 is 0. The van der Waals surface area contributed by atoms with Crippen LogP contribution in [-0.2, 0) is 11.3 Å². The number of benzene rings is 2. The molecule has 3 aromatic rings. The van der Waals surface area contributed by atoms with Crippen LogP contribution in [0.2, 0.25) is 0 Å². The van der Waals surface area contributed by atoms with Crippen LogP contribution in [-0.4, -0.2) is 33.5 Å². The predicted octanol–water partition coefficient (Wildman–Crippen LogP) is 2.23. The van der Waals surface area contributed by atoms with Crippen LogP contribution in [0, 0.1) is 0 Å². The van der Waals surface area contributed by atoms with Gasteiger partial charge in [-0.3, -0.25) is 14.3 Å². The van der Waals surface area contributed by atoms with Gasteiger partial charge < -0.3 is 10.6 Å². The van der Waals surface area contributed by atoms with Crippen LogP contribution in [0.15, 0.2) is 73.1 Å². The lowest BCUT2D eigenvalue weighted by molar-refractivity contribution is -0.133. The van der Waals surface area contributed by atoms with Crippen molar-refractivity contribution in [2.24, 2.45) is 5.73 Å². The molecule has 132 valence electrons. The van der Waals surface area contributed by atoms with E-state index in [1.807, 2.05) is 36.4 Å². The summed E-state index contributed by atoms with van der Waals surface area (Å²) in [5.41, 5.74) is 7.45. The van der Waals surface area contributed by atoms with Crippen LogP contribution >= 0.6 is 0 Å². The zero-order valence-electron chi connectivity index (χ0n) is 14.4. The van der Waals surface area contributed by atoms with Crippen LogP contribution in [0.1, 0.15) is 27.5 Å². The number of primary amides is 1. The number of nitrogens with zero attached hydrogens (tertiary/aromatic N) is 3. The van der Waals surface area contributed by atoms with Gasteiger partial charge in [0.2, 0.25) is 5.91 Å². The third kappa shape index (κ3) is 3.80. The molecule has 1 heterocycles. The van der Waals surface area contributed by atoms with Gasteiger partial charge in [0, 0.05) is 31.5 Å². The average molecular weight is 348 g/mol. The maximum Gasteiger partial charge on any atom is 0.252 e. The Morgan fingerprint density at radius 2 is 1.88 bits per heavy atom. The fourth-order valence-corrected chi connectivity index (χ4v) is 2.86. The summed E-state index contributed by atoms with van der Waals surface area (Å²) in [5, 5.41) is 4.25. The van der Waals surface area contributed by atoms with Crippen molar-refractivity contribution >= 4 is 11.8 Å². The number of likely N-dealkylation sites (N-methyl/N-ethyl adjacent to an activating group) is 1. The second-order valence-electron chi connectivity index (χ2n) is 6.06. The van der Waals surface area contributed by atoms with E-state index in [1.54, 1.807) is 53.3 Å². The third-order valence-corrected chi connectivity index (χ3v) is 4.15. The summed E-state index contributed by atoms with van der Waals surface area (Å²) in [5.74, 6) is -0.580. The molecule has 0 aliphatic rings. The zero-order chi connectivity index (χ0) is 18.5. The molecular weight excluding hydrogens is 328 g/mol. The molecule has 26 heavy (non-hydrogen) atoms. The highest BCUT2D eigenvalue weighted by Gasteiger charge is 2.26. The average Bonchev–Trinajstić information content (AvgIpc) is 3.17. The summed E-state index contributed by atoms with van der Waals surface area (Å²) in [6, 6.07) is 17.8. The number of carbonyl (C=O) groups is 2. The van der Waals surface area contributed by atoms with Gasteiger partial charge in [0.25, 0.3) is 5.91 Å². The van der Waals surface area contributed by atoms with Crippen LogP contribution in [0.5, 0.6) is 0 Å². The van der Waals surface area contributed by atoms with Gasteiger partial charge in [-0.05, 0) is 29.3 Å². The number of amides is 2. The molecule has 0 aliphatic heterocycles. The Morgan fingerprint density at radius 1 is 1.12 bits per heavy atom. The van der Waals surface area contributed by atoms with Gasteiger partial charge in [-0.25, -0.2) is 0 Å². The lowest BCUT2D eigenvalue weighted by Gasteiger charge is -2.24. The van der Waals surface area contributed by atoms with Crippen molar-refractivity contribution in [2.45, 2.75) is 12.6 Å². The quantitative estimate of drug-likeness (QED) is 0.742. The van der Waals surface area contributed by atoms with Crippen molar-refractivity contribution in [1.82, 2.24) is 14.7 Å². The first-order valence-electron chi connectivity index (χ1n) is 8.24. The van der Waals surface area contributed by atoms with Gasteiger partial charge in [-0.1, -0.05) is 42.5 Å². The summed E-state index contributed by atoms with van der Waals surface area (Å²) in [7, 11) is 1.73. The van der Waals surface area contributed by atoms with Crippen molar-refractivity contribution in [1.29, 1.82) is 0 Å². The van der Waals surface area contributed by atoms with E-state index in [1.165, 1.54) is 0 Å². The standard InChI is InChI=1S/C20H20N4O2/c1-23(14-15-7-5-10-17(13-15)19(21)25)20(26)18(24-12-6-11-22-24)16-8-3-2-4-9-16/h2-13,18H,14H2,1H3,(H2,21,25). The number of aromatic nitrogens is 2. The normalized spacial score (nSPS) is 11.7. The number of hydrogen-bond donors (Lipinski definition) is 1. The third-order valence-electron chi connectivity index (χ3n) is 4.15. The van der Waals surface area contributed by atoms with Gasteiger partial charge in [0.15, 0.2) is 6.04 Å². The molecule has 0 radical (unpaired) electrons. The highest BCUT2D eigenvalue weighted by molar-refractivity contribution is 5.93. The molecule has 2 aromatic carbocycles. The Kier molecular flexibility index (Phi) is 5.12. The molecule has 0 bridgehead atoms. The SMILES string of the molecule is CN(Cc1cccc(C(N)=O)c1)C(=O)C(c1ccccc1)n1cccn1. The number of carbonyl (C=O) groups excluding carboxylic acids is 2. The Labute approximate surface area is 151 Å². The fraction of sp³-hybridized carbons (Fsp3) is 0.150. The first kappa shape index (κ1) is 17.4. The van der Waals surface area contributed by atoms with Crippen molar-refractivity contribution in [3.8, 4) is 0 Å². The fourth-order valence-electron chi connectivity index (χ4n) is 2.86. The van der Waals surface area contributed by atoms with Gasteiger partial charge in [0.1, 0.15) is 0 Å². The number of hydrogen-bond acceptors (Lipinski definition) is 3. The Balaban J connectivity index is 1.85. The lowest BCUT2D eigenvalue weighted by atomic mass is 10.1. The molecule has 2 N–H and O–H groups in total. The first-order valence-corrected chi connectivity index (χ1v) is 8.24. The Bertz CT molecular complexity index is 891. The van der Waals surface area contributed by atoms with Crippen molar-refractivity contribution < 1.29 is 9.59 Å². The molecule has 3 rings (SSSR count). The monoisotopic (exact) mass is 348 g/mol. The highest BCUT2D eigenvalue weighted by atomic mass is 16.2. The largest absolute Gasteiger partial charge is 0.366 e. The molecule has 0 spiro atoms. The molecule has 1 aromatic heterocycles. The van der Waals surface area contributed by atoms with E-state index < -0.39 is 11.9 Å². The minimum Gasteiger partial charge on any atom is -0.366 e. The highest BCUT2D eigenvalue weighted by Crippen LogP contribution is 2.21. The minimum absolute atomic E-state index is 0.0932. The second-order valence-corrected chi connectivity index (χ2v) is 6.06. The van der Waals surface area contributed by atoms with Gasteiger partial charge in [-0.15, -0.1) is 0 Å². The molecule has 0 saturated heterocycles. The molecule has 6 nitrogen and oxygen atoms in total. The molecule has 1 unspecified atom stereocenters. The van der Waals surface area contributed by atoms with Gasteiger partial charge >= 0.3 is 0 Å². The molecular formula is C20H20N4O2. The zero-order valence-corrected chi connectivity index (χ0v) is 14.4. The Morgan fingerprint density at radius 3 is 2.54 bits per heavy atom. The summed E-state index contributed by atoms with van der Waals surface area (Å²) in [4.78, 5) is 26.1. The van der Waals surface area contributed by atoms with E-state index in [-0.39, 0.29) is 5.91 Å². The maximum absolute atomic E-state index is 13.1.